The molecule has 116 valence electrons. The van der Waals surface area contributed by atoms with E-state index in [9.17, 15) is 4.39 Å². The van der Waals surface area contributed by atoms with Crippen molar-refractivity contribution >= 4 is 5.96 Å². The van der Waals surface area contributed by atoms with Gasteiger partial charge in [-0.2, -0.15) is 5.10 Å². The number of hydrogen-bond acceptors (Lipinski definition) is 3. The summed E-state index contributed by atoms with van der Waals surface area (Å²) in [5, 5.41) is 7.48. The molecule has 0 radical (unpaired) electrons. The average molecular weight is 302 g/mol. The summed E-state index contributed by atoms with van der Waals surface area (Å²) >= 11 is 0. The summed E-state index contributed by atoms with van der Waals surface area (Å²) in [6.45, 7) is 0.811. The van der Waals surface area contributed by atoms with Crippen LogP contribution in [0.15, 0.2) is 35.6 Å². The Kier molecular flexibility index (Phi) is 4.32. The fourth-order valence-electron chi connectivity index (χ4n) is 2.27. The molecule has 0 bridgehead atoms. The molecule has 1 aliphatic carbocycles. The molecule has 3 rings (SSSR count). The lowest BCUT2D eigenvalue weighted by Crippen LogP contribution is -2.43. The summed E-state index contributed by atoms with van der Waals surface area (Å²) in [6, 6.07) is 6.90. The molecule has 0 spiro atoms. The Hall–Kier alpha value is -2.44. The first-order valence-electron chi connectivity index (χ1n) is 7.38. The first-order valence-corrected chi connectivity index (χ1v) is 7.38. The molecule has 1 fully saturated rings. The molecule has 1 aliphatic rings. The maximum absolute atomic E-state index is 13.1. The Labute approximate surface area is 128 Å². The summed E-state index contributed by atoms with van der Waals surface area (Å²) in [5.41, 5.74) is 6.65. The highest BCUT2D eigenvalue weighted by Gasteiger charge is 2.17. The highest BCUT2D eigenvalue weighted by molar-refractivity contribution is 5.78. The van der Waals surface area contributed by atoms with E-state index < -0.39 is 0 Å². The molecule has 0 atom stereocenters. The van der Waals surface area contributed by atoms with Crippen LogP contribution in [0.2, 0.25) is 0 Å². The summed E-state index contributed by atoms with van der Waals surface area (Å²) in [5.74, 6) is 0.776. The van der Waals surface area contributed by atoms with Gasteiger partial charge in [0, 0.05) is 6.04 Å². The minimum absolute atomic E-state index is 0.253. The number of nitrogens with zero attached hydrogens (tertiary/aromatic N) is 4. The van der Waals surface area contributed by atoms with Gasteiger partial charge in [0.1, 0.15) is 18.7 Å². The van der Waals surface area contributed by atoms with Crippen LogP contribution < -0.4 is 11.1 Å². The topological polar surface area (TPSA) is 81.1 Å². The van der Waals surface area contributed by atoms with Crippen molar-refractivity contribution in [3.8, 4) is 0 Å². The standard InChI is InChI=1S/C15H19FN6/c16-12-4-1-3-11(7-12)9-22-10-19-14(21-22)8-18-15(17)20-13-5-2-6-13/h1,3-4,7,10,13H,2,5-6,8-9H2,(H3,17,18,20). The van der Waals surface area contributed by atoms with Crippen LogP contribution in [0.3, 0.4) is 0 Å². The molecule has 6 nitrogen and oxygen atoms in total. The van der Waals surface area contributed by atoms with E-state index in [1.165, 1.54) is 18.6 Å². The number of guanidine groups is 1. The second-order valence-electron chi connectivity index (χ2n) is 5.46. The molecule has 0 aliphatic heterocycles. The lowest BCUT2D eigenvalue weighted by Gasteiger charge is -2.26. The molecule has 1 heterocycles. The van der Waals surface area contributed by atoms with Crippen molar-refractivity contribution in [1.29, 1.82) is 0 Å². The summed E-state index contributed by atoms with van der Waals surface area (Å²) in [6.07, 6.45) is 5.16. The van der Waals surface area contributed by atoms with Gasteiger partial charge >= 0.3 is 0 Å². The quantitative estimate of drug-likeness (QED) is 0.646. The van der Waals surface area contributed by atoms with Gasteiger partial charge in [0.15, 0.2) is 11.8 Å². The normalized spacial score (nSPS) is 15.6. The number of halogens is 1. The summed E-state index contributed by atoms with van der Waals surface area (Å²) in [7, 11) is 0. The van der Waals surface area contributed by atoms with Crippen molar-refractivity contribution in [2.24, 2.45) is 10.7 Å². The van der Waals surface area contributed by atoms with Crippen LogP contribution in [0.1, 0.15) is 30.7 Å². The van der Waals surface area contributed by atoms with Gasteiger partial charge in [-0.1, -0.05) is 12.1 Å². The predicted molar refractivity (Wildman–Crippen MR) is 81.6 cm³/mol. The Morgan fingerprint density at radius 1 is 1.45 bits per heavy atom. The highest BCUT2D eigenvalue weighted by Crippen LogP contribution is 2.17. The van der Waals surface area contributed by atoms with Crippen LogP contribution >= 0.6 is 0 Å². The van der Waals surface area contributed by atoms with Gasteiger partial charge in [-0.05, 0) is 37.0 Å². The van der Waals surface area contributed by atoms with Crippen LogP contribution in [0.25, 0.3) is 0 Å². The average Bonchev–Trinajstić information content (AvgIpc) is 2.88. The van der Waals surface area contributed by atoms with Crippen molar-refractivity contribution in [3.63, 3.8) is 0 Å². The molecule has 1 aromatic heterocycles. The second kappa shape index (κ2) is 6.55. The molecule has 1 aromatic carbocycles. The molecular weight excluding hydrogens is 283 g/mol. The maximum atomic E-state index is 13.1. The first-order chi connectivity index (χ1) is 10.7. The Balaban J connectivity index is 1.55. The Morgan fingerprint density at radius 2 is 2.32 bits per heavy atom. The minimum atomic E-state index is -0.253. The van der Waals surface area contributed by atoms with Gasteiger partial charge in [-0.25, -0.2) is 19.0 Å². The third-order valence-electron chi connectivity index (χ3n) is 3.67. The monoisotopic (exact) mass is 302 g/mol. The summed E-state index contributed by atoms with van der Waals surface area (Å²) < 4.78 is 14.8. The third kappa shape index (κ3) is 3.81. The van der Waals surface area contributed by atoms with Gasteiger partial charge in [0.2, 0.25) is 0 Å². The van der Waals surface area contributed by atoms with Gasteiger partial charge in [-0.15, -0.1) is 0 Å². The van der Waals surface area contributed by atoms with Crippen LogP contribution in [0.4, 0.5) is 4.39 Å². The highest BCUT2D eigenvalue weighted by atomic mass is 19.1. The molecule has 0 amide bonds. The first kappa shape index (κ1) is 14.5. The van der Waals surface area contributed by atoms with E-state index in [0.29, 0.717) is 30.9 Å². The SMILES string of the molecule is NC(=NCc1ncn(Cc2cccc(F)c2)n1)NC1CCC1. The van der Waals surface area contributed by atoms with E-state index in [2.05, 4.69) is 20.4 Å². The number of aliphatic imine (C=N–C) groups is 1. The molecule has 1 saturated carbocycles. The van der Waals surface area contributed by atoms with Gasteiger partial charge in [0.25, 0.3) is 0 Å². The van der Waals surface area contributed by atoms with Gasteiger partial charge < -0.3 is 11.1 Å². The Bertz CT molecular complexity index is 662. The smallest absolute Gasteiger partial charge is 0.189 e. The molecule has 7 heteroatoms. The molecule has 0 unspecified atom stereocenters. The number of hydrogen-bond donors (Lipinski definition) is 2. The van der Waals surface area contributed by atoms with Crippen LogP contribution in [0.5, 0.6) is 0 Å². The third-order valence-corrected chi connectivity index (χ3v) is 3.67. The number of nitrogens with two attached hydrogens (primary N) is 1. The van der Waals surface area contributed by atoms with E-state index in [0.717, 1.165) is 18.4 Å². The van der Waals surface area contributed by atoms with E-state index in [1.54, 1.807) is 17.1 Å². The second-order valence-corrected chi connectivity index (χ2v) is 5.46. The van der Waals surface area contributed by atoms with E-state index in [1.807, 2.05) is 6.07 Å². The molecule has 2 aromatic rings. The zero-order valence-corrected chi connectivity index (χ0v) is 12.2. The zero-order valence-electron chi connectivity index (χ0n) is 12.2. The van der Waals surface area contributed by atoms with Gasteiger partial charge in [0.05, 0.1) is 6.54 Å². The van der Waals surface area contributed by atoms with Crippen molar-refractivity contribution in [3.05, 3.63) is 47.8 Å². The maximum Gasteiger partial charge on any atom is 0.189 e. The largest absolute Gasteiger partial charge is 0.370 e. The lowest BCUT2D eigenvalue weighted by atomic mass is 9.93. The number of aromatic nitrogens is 3. The van der Waals surface area contributed by atoms with Crippen molar-refractivity contribution < 1.29 is 4.39 Å². The fraction of sp³-hybridized carbons (Fsp3) is 0.400. The van der Waals surface area contributed by atoms with Gasteiger partial charge in [-0.3, -0.25) is 0 Å². The van der Waals surface area contributed by atoms with Crippen molar-refractivity contribution in [2.45, 2.75) is 38.4 Å². The molecular formula is C15H19FN6. The Morgan fingerprint density at radius 3 is 3.05 bits per heavy atom. The van der Waals surface area contributed by atoms with E-state index >= 15 is 0 Å². The molecule has 22 heavy (non-hydrogen) atoms. The predicted octanol–water partition coefficient (Wildman–Crippen LogP) is 1.42. The number of nitrogens with one attached hydrogen (secondary N) is 1. The van der Waals surface area contributed by atoms with Crippen LogP contribution in [-0.4, -0.2) is 26.8 Å². The van der Waals surface area contributed by atoms with E-state index in [4.69, 9.17) is 5.73 Å². The van der Waals surface area contributed by atoms with Crippen LogP contribution in [-0.2, 0) is 13.1 Å². The molecule has 3 N–H and O–H groups in total. The zero-order chi connectivity index (χ0) is 15.4. The van der Waals surface area contributed by atoms with E-state index in [-0.39, 0.29) is 5.82 Å². The van der Waals surface area contributed by atoms with Crippen molar-refractivity contribution in [2.75, 3.05) is 0 Å². The lowest BCUT2D eigenvalue weighted by molar-refractivity contribution is 0.382. The summed E-state index contributed by atoms with van der Waals surface area (Å²) in [4.78, 5) is 8.42. The van der Waals surface area contributed by atoms with Crippen LogP contribution in [0, 0.1) is 5.82 Å². The molecule has 0 saturated heterocycles. The fourth-order valence-corrected chi connectivity index (χ4v) is 2.27. The number of benzene rings is 1. The minimum Gasteiger partial charge on any atom is -0.370 e. The number of rotatable bonds is 5. The van der Waals surface area contributed by atoms with Crippen molar-refractivity contribution in [1.82, 2.24) is 20.1 Å².